The Morgan fingerprint density at radius 2 is 1.68 bits per heavy atom. The second-order valence-electron chi connectivity index (χ2n) is 6.33. The Morgan fingerprint density at radius 1 is 0.935 bits per heavy atom. The number of fused-ring (bicyclic) bond motifs is 1. The molecule has 0 atom stereocenters. The van der Waals surface area contributed by atoms with Crippen molar-refractivity contribution in [2.24, 2.45) is 0 Å². The summed E-state index contributed by atoms with van der Waals surface area (Å²) >= 11 is 6.21. The molecule has 2 aromatic carbocycles. The first-order valence-electron chi connectivity index (χ1n) is 9.27. The molecule has 0 aliphatic rings. The van der Waals surface area contributed by atoms with Crippen molar-refractivity contribution >= 4 is 33.9 Å². The zero-order valence-corrected chi connectivity index (χ0v) is 18.4. The molecule has 8 nitrogen and oxygen atoms in total. The van der Waals surface area contributed by atoms with Crippen LogP contribution in [-0.4, -0.2) is 46.6 Å². The van der Waals surface area contributed by atoms with Crippen molar-refractivity contribution < 1.29 is 23.7 Å². The van der Waals surface area contributed by atoms with Gasteiger partial charge in [-0.25, -0.2) is 0 Å². The number of nitriles is 1. The molecule has 162 valence electrons. The lowest BCUT2D eigenvalue weighted by Crippen LogP contribution is -2.06. The van der Waals surface area contributed by atoms with Crippen molar-refractivity contribution in [2.45, 2.75) is 0 Å². The fraction of sp³-hybridized carbons (Fsp3) is 0.273. The summed E-state index contributed by atoms with van der Waals surface area (Å²) in [5, 5.41) is 14.0. The molecule has 1 aromatic heterocycles. The number of pyridine rings is 1. The number of ether oxygens (including phenoxy) is 5. The molecule has 1 N–H and O–H groups in total. The zero-order valence-electron chi connectivity index (χ0n) is 17.6. The van der Waals surface area contributed by atoms with Crippen LogP contribution in [0.2, 0.25) is 5.02 Å². The number of hydrogen-bond acceptors (Lipinski definition) is 8. The van der Waals surface area contributed by atoms with Gasteiger partial charge in [0.1, 0.15) is 24.2 Å². The second kappa shape index (κ2) is 10.1. The number of nitrogens with zero attached hydrogens (tertiary/aromatic N) is 2. The molecule has 0 saturated carbocycles. The number of halogens is 1. The molecule has 3 aromatic rings. The van der Waals surface area contributed by atoms with Crippen LogP contribution < -0.4 is 24.3 Å². The average molecular weight is 444 g/mol. The molecule has 3 rings (SSSR count). The summed E-state index contributed by atoms with van der Waals surface area (Å²) in [6.07, 6.45) is 1.50. The van der Waals surface area contributed by atoms with Crippen molar-refractivity contribution in [1.82, 2.24) is 4.98 Å². The predicted octanol–water partition coefficient (Wildman–Crippen LogP) is 4.55. The maximum absolute atomic E-state index is 9.67. The number of benzene rings is 2. The van der Waals surface area contributed by atoms with E-state index in [2.05, 4.69) is 16.4 Å². The normalized spacial score (nSPS) is 10.5. The monoisotopic (exact) mass is 443 g/mol. The number of hydrogen-bond donors (Lipinski definition) is 1. The van der Waals surface area contributed by atoms with E-state index in [9.17, 15) is 5.26 Å². The van der Waals surface area contributed by atoms with Crippen molar-refractivity contribution in [3.05, 3.63) is 41.0 Å². The van der Waals surface area contributed by atoms with Crippen molar-refractivity contribution in [3.63, 3.8) is 0 Å². The van der Waals surface area contributed by atoms with Gasteiger partial charge in [0, 0.05) is 36.9 Å². The highest BCUT2D eigenvalue weighted by Crippen LogP contribution is 2.41. The van der Waals surface area contributed by atoms with E-state index in [0.717, 1.165) is 0 Å². The lowest BCUT2D eigenvalue weighted by molar-refractivity contribution is 0.144. The Balaban J connectivity index is 2.14. The molecule has 0 spiro atoms. The first-order chi connectivity index (χ1) is 15.1. The molecule has 1 heterocycles. The van der Waals surface area contributed by atoms with Crippen molar-refractivity contribution in [3.8, 4) is 29.1 Å². The van der Waals surface area contributed by atoms with Crippen LogP contribution in [0, 0.1) is 11.3 Å². The van der Waals surface area contributed by atoms with Gasteiger partial charge in [-0.05, 0) is 6.07 Å². The van der Waals surface area contributed by atoms with Gasteiger partial charge in [0.2, 0.25) is 0 Å². The van der Waals surface area contributed by atoms with Crippen LogP contribution in [0.1, 0.15) is 5.56 Å². The van der Waals surface area contributed by atoms with Gasteiger partial charge in [0.25, 0.3) is 0 Å². The molecule has 0 bridgehead atoms. The van der Waals surface area contributed by atoms with E-state index in [1.54, 1.807) is 38.5 Å². The number of methoxy groups -OCH3 is 4. The third-order valence-electron chi connectivity index (χ3n) is 4.55. The number of aromatic nitrogens is 1. The molecule has 0 saturated heterocycles. The summed E-state index contributed by atoms with van der Waals surface area (Å²) in [5.41, 5.74) is 2.08. The van der Waals surface area contributed by atoms with E-state index >= 15 is 0 Å². The van der Waals surface area contributed by atoms with Crippen LogP contribution in [-0.2, 0) is 4.74 Å². The largest absolute Gasteiger partial charge is 0.495 e. The van der Waals surface area contributed by atoms with E-state index in [-0.39, 0.29) is 0 Å². The molecular formula is C22H22ClN3O5. The zero-order chi connectivity index (χ0) is 22.4. The van der Waals surface area contributed by atoms with E-state index in [1.807, 2.05) is 0 Å². The first-order valence-corrected chi connectivity index (χ1v) is 9.65. The molecular weight excluding hydrogens is 422 g/mol. The Hall–Kier alpha value is -3.41. The van der Waals surface area contributed by atoms with Gasteiger partial charge >= 0.3 is 0 Å². The van der Waals surface area contributed by atoms with Crippen LogP contribution >= 0.6 is 11.6 Å². The molecule has 0 aliphatic heterocycles. The van der Waals surface area contributed by atoms with Crippen molar-refractivity contribution in [2.75, 3.05) is 47.0 Å². The van der Waals surface area contributed by atoms with Crippen LogP contribution in [0.25, 0.3) is 10.9 Å². The summed E-state index contributed by atoms with van der Waals surface area (Å²) in [4.78, 5) is 4.40. The average Bonchev–Trinajstić information content (AvgIpc) is 2.79. The third kappa shape index (κ3) is 4.68. The molecule has 0 amide bonds. The minimum absolute atomic E-state index is 0.346. The summed E-state index contributed by atoms with van der Waals surface area (Å²) in [5.74, 6) is 1.99. The van der Waals surface area contributed by atoms with Gasteiger partial charge in [-0.3, -0.25) is 4.98 Å². The minimum atomic E-state index is 0.346. The van der Waals surface area contributed by atoms with Gasteiger partial charge in [0.15, 0.2) is 11.5 Å². The lowest BCUT2D eigenvalue weighted by Gasteiger charge is -2.17. The van der Waals surface area contributed by atoms with Gasteiger partial charge < -0.3 is 29.0 Å². The van der Waals surface area contributed by atoms with Gasteiger partial charge in [-0.2, -0.15) is 5.26 Å². The highest BCUT2D eigenvalue weighted by atomic mass is 35.5. The summed E-state index contributed by atoms with van der Waals surface area (Å²) < 4.78 is 27.0. The van der Waals surface area contributed by atoms with Crippen molar-refractivity contribution in [1.29, 1.82) is 5.26 Å². The maximum atomic E-state index is 9.67. The standard InChI is InChI=1S/C22H22ClN3O5/c1-27-5-6-31-21-9-16-14(7-20(21)30-4)22(13(11-24)12-25-16)26-17-10-18(28-2)15(23)8-19(17)29-3/h7-10,12H,5-6H2,1-4H3,(H,25,26). The quantitative estimate of drug-likeness (QED) is 0.481. The Morgan fingerprint density at radius 3 is 2.32 bits per heavy atom. The molecule has 0 unspecified atom stereocenters. The fourth-order valence-corrected chi connectivity index (χ4v) is 3.25. The number of rotatable bonds is 9. The summed E-state index contributed by atoms with van der Waals surface area (Å²) in [6, 6.07) is 9.04. The van der Waals surface area contributed by atoms with Gasteiger partial charge in [-0.1, -0.05) is 11.6 Å². The smallest absolute Gasteiger partial charge is 0.163 e. The highest BCUT2D eigenvalue weighted by Gasteiger charge is 2.17. The van der Waals surface area contributed by atoms with Gasteiger partial charge in [-0.15, -0.1) is 0 Å². The number of anilines is 2. The lowest BCUT2D eigenvalue weighted by atomic mass is 10.1. The first kappa shape index (κ1) is 22.3. The van der Waals surface area contributed by atoms with E-state index in [4.69, 9.17) is 35.3 Å². The van der Waals surface area contributed by atoms with Crippen LogP contribution in [0.5, 0.6) is 23.0 Å². The van der Waals surface area contributed by atoms with E-state index in [0.29, 0.717) is 69.1 Å². The third-order valence-corrected chi connectivity index (χ3v) is 4.85. The van der Waals surface area contributed by atoms with Crippen LogP contribution in [0.3, 0.4) is 0 Å². The Kier molecular flexibility index (Phi) is 7.23. The fourth-order valence-electron chi connectivity index (χ4n) is 3.02. The van der Waals surface area contributed by atoms with Gasteiger partial charge in [0.05, 0.1) is 55.4 Å². The van der Waals surface area contributed by atoms with E-state index in [1.165, 1.54) is 20.4 Å². The highest BCUT2D eigenvalue weighted by molar-refractivity contribution is 6.32. The molecule has 0 radical (unpaired) electrons. The van der Waals surface area contributed by atoms with E-state index < -0.39 is 0 Å². The van der Waals surface area contributed by atoms with Crippen LogP contribution in [0.4, 0.5) is 11.4 Å². The SMILES string of the molecule is COCCOc1cc2ncc(C#N)c(Nc3cc(OC)c(Cl)cc3OC)c2cc1OC. The Labute approximate surface area is 185 Å². The topological polar surface area (TPSA) is 94.9 Å². The number of nitrogens with one attached hydrogen (secondary N) is 1. The summed E-state index contributed by atoms with van der Waals surface area (Å²) in [7, 11) is 6.21. The predicted molar refractivity (Wildman–Crippen MR) is 118 cm³/mol. The summed E-state index contributed by atoms with van der Waals surface area (Å²) in [6.45, 7) is 0.800. The molecule has 0 fully saturated rings. The second-order valence-corrected chi connectivity index (χ2v) is 6.74. The maximum Gasteiger partial charge on any atom is 0.163 e. The molecule has 9 heteroatoms. The van der Waals surface area contributed by atoms with Crippen LogP contribution in [0.15, 0.2) is 30.5 Å². The minimum Gasteiger partial charge on any atom is -0.495 e. The Bertz CT molecular complexity index is 1130. The molecule has 0 aliphatic carbocycles. The molecule has 31 heavy (non-hydrogen) atoms.